The Balaban J connectivity index is 0.00000280. The predicted octanol–water partition coefficient (Wildman–Crippen LogP) is 2.73. The van der Waals surface area contributed by atoms with Crippen molar-refractivity contribution in [3.8, 4) is 0 Å². The molecule has 2 aromatic heterocycles. The molecule has 1 atom stereocenters. The molecule has 9 heteroatoms. The number of guanidine groups is 1. The monoisotopic (exact) mass is 500 g/mol. The highest BCUT2D eigenvalue weighted by Gasteiger charge is 2.29. The lowest BCUT2D eigenvalue weighted by atomic mass is 9.87. The van der Waals surface area contributed by atoms with E-state index in [9.17, 15) is 0 Å². The van der Waals surface area contributed by atoms with Gasteiger partial charge in [-0.25, -0.2) is 9.97 Å². The van der Waals surface area contributed by atoms with Crippen molar-refractivity contribution in [3.63, 3.8) is 0 Å². The molecule has 0 aromatic carbocycles. The van der Waals surface area contributed by atoms with Gasteiger partial charge in [-0.2, -0.15) is 5.10 Å². The van der Waals surface area contributed by atoms with E-state index in [1.807, 2.05) is 14.1 Å². The minimum atomic E-state index is 0. The number of fused-ring (bicyclic) bond motifs is 1. The minimum absolute atomic E-state index is 0. The number of aliphatic imine (C=N–C) groups is 1. The van der Waals surface area contributed by atoms with Crippen LogP contribution in [0.1, 0.15) is 33.1 Å². The van der Waals surface area contributed by atoms with E-state index >= 15 is 0 Å². The molecule has 3 rings (SSSR count). The van der Waals surface area contributed by atoms with Crippen LogP contribution in [-0.2, 0) is 7.05 Å². The first kappa shape index (κ1) is 22.6. The van der Waals surface area contributed by atoms with Gasteiger partial charge in [0.25, 0.3) is 0 Å². The molecule has 1 aliphatic rings. The van der Waals surface area contributed by atoms with Gasteiger partial charge >= 0.3 is 0 Å². The second-order valence-electron chi connectivity index (χ2n) is 7.20. The summed E-state index contributed by atoms with van der Waals surface area (Å²) in [6.45, 7) is 8.36. The van der Waals surface area contributed by atoms with Crippen LogP contribution in [0.15, 0.2) is 17.5 Å². The molecule has 0 bridgehead atoms. The van der Waals surface area contributed by atoms with Crippen LogP contribution < -0.4 is 10.6 Å². The van der Waals surface area contributed by atoms with Crippen molar-refractivity contribution in [2.24, 2.45) is 23.9 Å². The van der Waals surface area contributed by atoms with E-state index in [4.69, 9.17) is 0 Å². The minimum Gasteiger partial charge on any atom is -0.368 e. The largest absolute Gasteiger partial charge is 0.368 e. The van der Waals surface area contributed by atoms with E-state index in [2.05, 4.69) is 49.4 Å². The van der Waals surface area contributed by atoms with Crippen LogP contribution in [0, 0.1) is 11.8 Å². The number of likely N-dealkylation sites (tertiary alicyclic amines) is 1. The highest BCUT2D eigenvalue weighted by Crippen LogP contribution is 2.28. The van der Waals surface area contributed by atoms with Crippen LogP contribution in [0.3, 0.4) is 0 Å². The highest BCUT2D eigenvalue weighted by molar-refractivity contribution is 14.0. The fraction of sp³-hybridized carbons (Fsp3) is 0.684. The van der Waals surface area contributed by atoms with Crippen LogP contribution in [0.2, 0.25) is 0 Å². The van der Waals surface area contributed by atoms with Gasteiger partial charge in [0.15, 0.2) is 11.6 Å². The number of halogens is 1. The second-order valence-corrected chi connectivity index (χ2v) is 7.20. The van der Waals surface area contributed by atoms with Crippen molar-refractivity contribution in [2.75, 3.05) is 38.5 Å². The van der Waals surface area contributed by atoms with Gasteiger partial charge in [-0.15, -0.1) is 24.0 Å². The molecule has 0 amide bonds. The molecule has 0 saturated carbocycles. The first-order chi connectivity index (χ1) is 13.2. The molecule has 2 aromatic rings. The van der Waals surface area contributed by atoms with Crippen LogP contribution >= 0.6 is 24.0 Å². The zero-order chi connectivity index (χ0) is 19.2. The quantitative estimate of drug-likeness (QED) is 0.263. The van der Waals surface area contributed by atoms with Gasteiger partial charge in [0.05, 0.1) is 11.6 Å². The van der Waals surface area contributed by atoms with Crippen LogP contribution in [0.25, 0.3) is 11.0 Å². The SMILES string of the molecule is CCC(CC)C1CCN(C(=NC)NCCNc2ncnc3c2cnn3C)C1.I. The summed E-state index contributed by atoms with van der Waals surface area (Å²) in [4.78, 5) is 15.5. The lowest BCUT2D eigenvalue weighted by Crippen LogP contribution is -2.42. The number of rotatable bonds is 7. The maximum absolute atomic E-state index is 4.48. The van der Waals surface area contributed by atoms with Crippen molar-refractivity contribution in [2.45, 2.75) is 33.1 Å². The summed E-state index contributed by atoms with van der Waals surface area (Å²) in [5.74, 6) is 3.44. The lowest BCUT2D eigenvalue weighted by molar-refractivity contribution is 0.319. The molecule has 0 radical (unpaired) electrons. The maximum atomic E-state index is 4.48. The van der Waals surface area contributed by atoms with Crippen LogP contribution in [-0.4, -0.2) is 63.8 Å². The third-order valence-electron chi connectivity index (χ3n) is 5.68. The molecule has 1 fully saturated rings. The normalized spacial score (nSPS) is 17.2. The zero-order valence-electron chi connectivity index (χ0n) is 17.4. The van der Waals surface area contributed by atoms with Gasteiger partial charge < -0.3 is 15.5 Å². The Hall–Kier alpha value is -1.65. The van der Waals surface area contributed by atoms with E-state index in [-0.39, 0.29) is 24.0 Å². The average Bonchev–Trinajstić information content (AvgIpc) is 3.31. The van der Waals surface area contributed by atoms with Crippen LogP contribution in [0.5, 0.6) is 0 Å². The summed E-state index contributed by atoms with van der Waals surface area (Å²) in [6, 6.07) is 0. The Bertz CT molecular complexity index is 770. The summed E-state index contributed by atoms with van der Waals surface area (Å²) in [5.41, 5.74) is 0.834. The van der Waals surface area contributed by atoms with Crippen molar-refractivity contribution in [1.82, 2.24) is 30.0 Å². The Morgan fingerprint density at radius 2 is 2.07 bits per heavy atom. The molecule has 2 N–H and O–H groups in total. The Kier molecular flexibility index (Phi) is 8.71. The van der Waals surface area contributed by atoms with E-state index in [1.54, 1.807) is 17.2 Å². The number of nitrogens with zero attached hydrogens (tertiary/aromatic N) is 6. The smallest absolute Gasteiger partial charge is 0.193 e. The van der Waals surface area contributed by atoms with Gasteiger partial charge in [0.1, 0.15) is 12.1 Å². The van der Waals surface area contributed by atoms with E-state index in [0.29, 0.717) is 0 Å². The number of anilines is 1. The van der Waals surface area contributed by atoms with Crippen LogP contribution in [0.4, 0.5) is 5.82 Å². The molecule has 3 heterocycles. The van der Waals surface area contributed by atoms with Crippen molar-refractivity contribution in [1.29, 1.82) is 0 Å². The second kappa shape index (κ2) is 10.8. The first-order valence-electron chi connectivity index (χ1n) is 10.00. The molecular weight excluding hydrogens is 467 g/mol. The highest BCUT2D eigenvalue weighted by atomic mass is 127. The molecule has 1 aliphatic heterocycles. The maximum Gasteiger partial charge on any atom is 0.193 e. The number of aryl methyl sites for hydroxylation is 1. The summed E-state index contributed by atoms with van der Waals surface area (Å²) < 4.78 is 1.76. The summed E-state index contributed by atoms with van der Waals surface area (Å²) in [6.07, 6.45) is 7.18. The fourth-order valence-corrected chi connectivity index (χ4v) is 4.11. The van der Waals surface area contributed by atoms with E-state index in [1.165, 1.54) is 19.3 Å². The zero-order valence-corrected chi connectivity index (χ0v) is 19.7. The topological polar surface area (TPSA) is 83.3 Å². The Labute approximate surface area is 184 Å². The Morgan fingerprint density at radius 3 is 2.79 bits per heavy atom. The molecular formula is C19H33IN8. The molecule has 28 heavy (non-hydrogen) atoms. The summed E-state index contributed by atoms with van der Waals surface area (Å²) in [5, 5.41) is 12.0. The predicted molar refractivity (Wildman–Crippen MR) is 125 cm³/mol. The Morgan fingerprint density at radius 1 is 1.29 bits per heavy atom. The van der Waals surface area contributed by atoms with Gasteiger partial charge in [0, 0.05) is 40.3 Å². The van der Waals surface area contributed by atoms with Crippen molar-refractivity contribution < 1.29 is 0 Å². The van der Waals surface area contributed by atoms with Crippen molar-refractivity contribution >= 4 is 46.8 Å². The van der Waals surface area contributed by atoms with Gasteiger partial charge in [0.2, 0.25) is 0 Å². The first-order valence-corrected chi connectivity index (χ1v) is 10.00. The molecule has 0 aliphatic carbocycles. The number of hydrogen-bond donors (Lipinski definition) is 2. The standard InChI is InChI=1S/C19H32N8.HI/c1-5-14(6-2)15-7-10-27(12-15)19(20-3)22-9-8-21-17-16-11-25-26(4)18(16)24-13-23-17;/h11,13-15H,5-10,12H2,1-4H3,(H,20,22)(H,21,23,24);1H. The van der Waals surface area contributed by atoms with Crippen molar-refractivity contribution in [3.05, 3.63) is 12.5 Å². The number of hydrogen-bond acceptors (Lipinski definition) is 5. The molecule has 8 nitrogen and oxygen atoms in total. The molecule has 1 saturated heterocycles. The fourth-order valence-electron chi connectivity index (χ4n) is 4.11. The molecule has 0 spiro atoms. The lowest BCUT2D eigenvalue weighted by Gasteiger charge is -2.24. The van der Waals surface area contributed by atoms with Gasteiger partial charge in [-0.1, -0.05) is 26.7 Å². The average molecular weight is 500 g/mol. The van der Waals surface area contributed by atoms with E-state index < -0.39 is 0 Å². The number of aromatic nitrogens is 4. The summed E-state index contributed by atoms with van der Waals surface area (Å²) >= 11 is 0. The summed E-state index contributed by atoms with van der Waals surface area (Å²) in [7, 11) is 3.75. The van der Waals surface area contributed by atoms with Gasteiger partial charge in [-0.05, 0) is 18.3 Å². The number of nitrogens with one attached hydrogen (secondary N) is 2. The third kappa shape index (κ3) is 5.03. The van der Waals surface area contributed by atoms with E-state index in [0.717, 1.165) is 60.8 Å². The third-order valence-corrected chi connectivity index (χ3v) is 5.68. The molecule has 156 valence electrons. The molecule has 1 unspecified atom stereocenters. The van der Waals surface area contributed by atoms with Gasteiger partial charge in [-0.3, -0.25) is 9.67 Å².